The molecule has 2 heterocycles. The largest absolute Gasteiger partial charge is 0.493 e. The predicted molar refractivity (Wildman–Crippen MR) is 153 cm³/mol. The van der Waals surface area contributed by atoms with Gasteiger partial charge in [0.1, 0.15) is 17.2 Å². The molecule has 10 nitrogen and oxygen atoms in total. The van der Waals surface area contributed by atoms with Gasteiger partial charge in [0, 0.05) is 41.5 Å². The third-order valence-electron chi connectivity index (χ3n) is 6.72. The molecular formula is C28H26ClF2N5O5. The highest BCUT2D eigenvalue weighted by atomic mass is 35.5. The molecule has 2 aromatic heterocycles. The first-order valence-corrected chi connectivity index (χ1v) is 12.2. The smallest absolute Gasteiger partial charge is 0.341 e. The fourth-order valence-electron chi connectivity index (χ4n) is 4.64. The van der Waals surface area contributed by atoms with Crippen LogP contribution in [0, 0.1) is 11.6 Å². The highest BCUT2D eigenvalue weighted by molar-refractivity contribution is 5.94. The van der Waals surface area contributed by atoms with Gasteiger partial charge in [-0.15, -0.1) is 12.4 Å². The van der Waals surface area contributed by atoms with Crippen LogP contribution >= 0.6 is 12.4 Å². The molecule has 1 saturated carbocycles. The molecule has 0 bridgehead atoms. The van der Waals surface area contributed by atoms with Crippen LogP contribution < -0.4 is 26.4 Å². The Bertz CT molecular complexity index is 1770. The lowest BCUT2D eigenvalue weighted by Crippen LogP contribution is -2.20. The van der Waals surface area contributed by atoms with Gasteiger partial charge in [-0.1, -0.05) is 6.08 Å². The van der Waals surface area contributed by atoms with E-state index in [4.69, 9.17) is 20.9 Å². The van der Waals surface area contributed by atoms with Crippen LogP contribution in [-0.4, -0.2) is 39.8 Å². The molecule has 0 saturated heterocycles. The van der Waals surface area contributed by atoms with Crippen LogP contribution in [0.25, 0.3) is 23.1 Å². The lowest BCUT2D eigenvalue weighted by Gasteiger charge is -2.15. The summed E-state index contributed by atoms with van der Waals surface area (Å²) in [5.41, 5.74) is 11.3. The Balaban J connectivity index is 0.00000387. The van der Waals surface area contributed by atoms with Crippen molar-refractivity contribution in [3.8, 4) is 11.5 Å². The Morgan fingerprint density at radius 2 is 1.90 bits per heavy atom. The van der Waals surface area contributed by atoms with Crippen molar-refractivity contribution in [3.05, 3.63) is 80.3 Å². The minimum Gasteiger partial charge on any atom is -0.493 e. The first kappa shape index (κ1) is 29.3. The number of aromatic carboxylic acids is 1. The highest BCUT2D eigenvalue weighted by Gasteiger charge is 2.29. The second kappa shape index (κ2) is 11.4. The molecular weight excluding hydrogens is 560 g/mol. The Labute approximate surface area is 238 Å². The standard InChI is InChI=1S/C28H25F2N5O5.ClH/c1-39-21-9-13(8-15-11-33-28(32)34-26(15)31)7-14(25(21)40-2)3-6-17-20(29)10-18-23(22(17)30)35(16-4-5-16)12-19(24(18)36)27(37)38;/h3,6-7,9-12,16H,4-5,8H2,1-2H3,(H,37,38)(H4,31,32,33,34);1H. The number of halogens is 3. The van der Waals surface area contributed by atoms with Gasteiger partial charge in [0.15, 0.2) is 17.3 Å². The number of carboxylic acid groups (broad SMARTS) is 1. The van der Waals surface area contributed by atoms with E-state index in [9.17, 15) is 14.7 Å². The van der Waals surface area contributed by atoms with Gasteiger partial charge in [-0.3, -0.25) is 4.79 Å². The normalized spacial score (nSPS) is 12.9. The fourth-order valence-corrected chi connectivity index (χ4v) is 4.64. The van der Waals surface area contributed by atoms with Crippen molar-refractivity contribution in [1.29, 1.82) is 0 Å². The second-order valence-corrected chi connectivity index (χ2v) is 9.37. The molecule has 5 N–H and O–H groups in total. The minimum absolute atomic E-state index is 0. The van der Waals surface area contributed by atoms with Gasteiger partial charge in [-0.2, -0.15) is 4.98 Å². The molecule has 0 atom stereocenters. The number of fused-ring (bicyclic) bond motifs is 1. The zero-order valence-corrected chi connectivity index (χ0v) is 22.8. The lowest BCUT2D eigenvalue weighted by atomic mass is 10.0. The van der Waals surface area contributed by atoms with E-state index in [1.165, 1.54) is 37.1 Å². The SMILES string of the molecule is COc1cc(Cc2cnc(N)nc2N)cc(C=Cc2c(F)cc3c(=O)c(C(=O)O)cn(C4CC4)c3c2F)c1OC.Cl. The van der Waals surface area contributed by atoms with Crippen molar-refractivity contribution < 1.29 is 28.2 Å². The molecule has 5 rings (SSSR count). The Morgan fingerprint density at radius 3 is 2.51 bits per heavy atom. The summed E-state index contributed by atoms with van der Waals surface area (Å²) in [4.78, 5) is 32.3. The molecule has 1 aliphatic carbocycles. The number of hydrogen-bond acceptors (Lipinski definition) is 8. The van der Waals surface area contributed by atoms with Crippen molar-refractivity contribution in [3.63, 3.8) is 0 Å². The van der Waals surface area contributed by atoms with Crippen LogP contribution in [0.1, 0.15) is 51.5 Å². The van der Waals surface area contributed by atoms with Crippen molar-refractivity contribution in [2.24, 2.45) is 0 Å². The molecule has 13 heteroatoms. The number of carbonyl (C=O) groups is 1. The summed E-state index contributed by atoms with van der Waals surface area (Å²) in [6.45, 7) is 0. The number of benzene rings is 2. The first-order chi connectivity index (χ1) is 19.1. The summed E-state index contributed by atoms with van der Waals surface area (Å²) in [6.07, 6.45) is 7.03. The first-order valence-electron chi connectivity index (χ1n) is 12.2. The van der Waals surface area contributed by atoms with Crippen LogP contribution in [0.3, 0.4) is 0 Å². The van der Waals surface area contributed by atoms with Gasteiger partial charge < -0.3 is 30.6 Å². The molecule has 41 heavy (non-hydrogen) atoms. The second-order valence-electron chi connectivity index (χ2n) is 9.37. The Morgan fingerprint density at radius 1 is 1.17 bits per heavy atom. The van der Waals surface area contributed by atoms with Gasteiger partial charge in [0.2, 0.25) is 11.4 Å². The molecule has 1 fully saturated rings. The number of nitrogens with zero attached hydrogens (tertiary/aromatic N) is 3. The maximum atomic E-state index is 15.9. The summed E-state index contributed by atoms with van der Waals surface area (Å²) in [6, 6.07) is 4.18. The predicted octanol–water partition coefficient (Wildman–Crippen LogP) is 4.47. The summed E-state index contributed by atoms with van der Waals surface area (Å²) in [7, 11) is 2.90. The molecule has 0 amide bonds. The summed E-state index contributed by atoms with van der Waals surface area (Å²) in [5, 5.41) is 9.11. The van der Waals surface area contributed by atoms with Gasteiger partial charge in [-0.05, 0) is 42.7 Å². The summed E-state index contributed by atoms with van der Waals surface area (Å²) in [5.74, 6) is -2.49. The molecule has 0 unspecified atom stereocenters. The van der Waals surface area contributed by atoms with E-state index in [1.807, 2.05) is 0 Å². The number of anilines is 2. The van der Waals surface area contributed by atoms with Crippen molar-refractivity contribution in [2.75, 3.05) is 25.7 Å². The number of pyridine rings is 1. The number of nitrogens with two attached hydrogens (primary N) is 2. The summed E-state index contributed by atoms with van der Waals surface area (Å²) >= 11 is 0. The van der Waals surface area contributed by atoms with E-state index in [-0.39, 0.29) is 41.1 Å². The van der Waals surface area contributed by atoms with Crippen LogP contribution in [0.2, 0.25) is 0 Å². The lowest BCUT2D eigenvalue weighted by molar-refractivity contribution is 0.0694. The fraction of sp³-hybridized carbons (Fsp3) is 0.214. The average Bonchev–Trinajstić information content (AvgIpc) is 3.75. The number of carboxylic acids is 1. The third-order valence-corrected chi connectivity index (χ3v) is 6.72. The molecule has 214 valence electrons. The van der Waals surface area contributed by atoms with Crippen LogP contribution in [0.4, 0.5) is 20.5 Å². The van der Waals surface area contributed by atoms with E-state index in [0.717, 1.165) is 17.8 Å². The van der Waals surface area contributed by atoms with Gasteiger partial charge >= 0.3 is 5.97 Å². The maximum absolute atomic E-state index is 15.9. The van der Waals surface area contributed by atoms with Crippen molar-refractivity contribution >= 4 is 53.2 Å². The van der Waals surface area contributed by atoms with Crippen LogP contribution in [0.15, 0.2) is 35.4 Å². The monoisotopic (exact) mass is 585 g/mol. The number of aromatic nitrogens is 3. The molecule has 4 aromatic rings. The molecule has 1 aliphatic rings. The average molecular weight is 586 g/mol. The van der Waals surface area contributed by atoms with Gasteiger partial charge in [-0.25, -0.2) is 18.6 Å². The van der Waals surface area contributed by atoms with Crippen molar-refractivity contribution in [1.82, 2.24) is 14.5 Å². The number of rotatable bonds is 8. The number of hydrogen-bond donors (Lipinski definition) is 3. The van der Waals surface area contributed by atoms with E-state index >= 15 is 8.78 Å². The number of ether oxygens (including phenoxy) is 2. The molecule has 2 aromatic carbocycles. The molecule has 0 aliphatic heterocycles. The van der Waals surface area contributed by atoms with E-state index < -0.39 is 34.2 Å². The van der Waals surface area contributed by atoms with Gasteiger partial charge in [0.05, 0.1) is 25.1 Å². The van der Waals surface area contributed by atoms with Crippen molar-refractivity contribution in [2.45, 2.75) is 25.3 Å². The van der Waals surface area contributed by atoms with Crippen LogP contribution in [0.5, 0.6) is 11.5 Å². The van der Waals surface area contributed by atoms with E-state index in [1.54, 1.807) is 12.1 Å². The molecule has 0 radical (unpaired) electrons. The topological polar surface area (TPSA) is 156 Å². The number of nitrogen functional groups attached to an aromatic ring is 2. The van der Waals surface area contributed by atoms with E-state index in [0.29, 0.717) is 41.9 Å². The molecule has 0 spiro atoms. The highest BCUT2D eigenvalue weighted by Crippen LogP contribution is 2.39. The minimum atomic E-state index is -1.46. The van der Waals surface area contributed by atoms with Crippen LogP contribution in [-0.2, 0) is 6.42 Å². The zero-order valence-electron chi connectivity index (χ0n) is 22.0. The Kier molecular flexibility index (Phi) is 8.15. The Hall–Kier alpha value is -4.71. The maximum Gasteiger partial charge on any atom is 0.341 e. The van der Waals surface area contributed by atoms with E-state index in [2.05, 4.69) is 9.97 Å². The summed E-state index contributed by atoms with van der Waals surface area (Å²) < 4.78 is 43.5. The van der Waals surface area contributed by atoms with Gasteiger partial charge in [0.25, 0.3) is 0 Å². The third kappa shape index (κ3) is 5.50. The zero-order chi connectivity index (χ0) is 28.7. The quantitative estimate of drug-likeness (QED) is 0.254. The number of methoxy groups -OCH3 is 2.